The lowest BCUT2D eigenvalue weighted by atomic mass is 10.1. The Morgan fingerprint density at radius 3 is 2.44 bits per heavy atom. The molecule has 134 valence electrons. The molecule has 0 amide bonds. The number of halogens is 1. The zero-order chi connectivity index (χ0) is 18.1. The van der Waals surface area contributed by atoms with Crippen molar-refractivity contribution in [2.24, 2.45) is 0 Å². The van der Waals surface area contributed by atoms with Gasteiger partial charge in [0, 0.05) is 10.6 Å². The van der Waals surface area contributed by atoms with Crippen LogP contribution in [0.15, 0.2) is 53.4 Å². The SMILES string of the molecule is Cc1ccc(S(=O)(=O)OCC2COC(C)(c3ccc(Cl)cc3)O2)cc1. The van der Waals surface area contributed by atoms with Gasteiger partial charge in [-0.15, -0.1) is 0 Å². The molecule has 3 rings (SSSR count). The van der Waals surface area contributed by atoms with Gasteiger partial charge in [-0.05, 0) is 38.1 Å². The third kappa shape index (κ3) is 4.22. The topological polar surface area (TPSA) is 61.8 Å². The van der Waals surface area contributed by atoms with E-state index in [1.807, 2.05) is 19.1 Å². The van der Waals surface area contributed by atoms with Crippen LogP contribution in [0.5, 0.6) is 0 Å². The molecule has 0 N–H and O–H groups in total. The van der Waals surface area contributed by atoms with Gasteiger partial charge in [0.1, 0.15) is 6.10 Å². The fourth-order valence-electron chi connectivity index (χ4n) is 2.56. The summed E-state index contributed by atoms with van der Waals surface area (Å²) in [6.07, 6.45) is -0.485. The highest BCUT2D eigenvalue weighted by Crippen LogP contribution is 2.34. The van der Waals surface area contributed by atoms with Gasteiger partial charge in [-0.25, -0.2) is 0 Å². The number of ether oxygens (including phenoxy) is 2. The summed E-state index contributed by atoms with van der Waals surface area (Å²) in [6, 6.07) is 13.6. The minimum Gasteiger partial charge on any atom is -0.343 e. The minimum absolute atomic E-state index is 0.112. The van der Waals surface area contributed by atoms with Crippen molar-refractivity contribution in [3.05, 3.63) is 64.7 Å². The molecule has 5 nitrogen and oxygen atoms in total. The number of hydrogen-bond acceptors (Lipinski definition) is 5. The smallest absolute Gasteiger partial charge is 0.297 e. The Morgan fingerprint density at radius 1 is 1.16 bits per heavy atom. The third-order valence-corrected chi connectivity index (χ3v) is 5.57. The fraction of sp³-hybridized carbons (Fsp3) is 0.333. The van der Waals surface area contributed by atoms with Crippen molar-refractivity contribution in [2.75, 3.05) is 13.2 Å². The van der Waals surface area contributed by atoms with E-state index in [-0.39, 0.29) is 18.1 Å². The zero-order valence-corrected chi connectivity index (χ0v) is 15.5. The summed E-state index contributed by atoms with van der Waals surface area (Å²) in [4.78, 5) is 0.123. The maximum absolute atomic E-state index is 12.2. The molecule has 0 aliphatic carbocycles. The van der Waals surface area contributed by atoms with Crippen molar-refractivity contribution >= 4 is 21.7 Å². The summed E-state index contributed by atoms with van der Waals surface area (Å²) in [5.74, 6) is -0.952. The summed E-state index contributed by atoms with van der Waals surface area (Å²) >= 11 is 5.89. The largest absolute Gasteiger partial charge is 0.343 e. The molecule has 1 aliphatic heterocycles. The molecule has 0 saturated carbocycles. The molecular weight excluding hydrogens is 364 g/mol. The van der Waals surface area contributed by atoms with E-state index in [9.17, 15) is 8.42 Å². The van der Waals surface area contributed by atoms with Crippen molar-refractivity contribution in [3.8, 4) is 0 Å². The Morgan fingerprint density at radius 2 is 1.80 bits per heavy atom. The maximum atomic E-state index is 12.2. The first-order valence-electron chi connectivity index (χ1n) is 7.82. The Balaban J connectivity index is 1.63. The van der Waals surface area contributed by atoms with Gasteiger partial charge in [0.05, 0.1) is 18.1 Å². The molecular formula is C18H19ClO5S. The summed E-state index contributed by atoms with van der Waals surface area (Å²) in [5, 5.41) is 0.620. The van der Waals surface area contributed by atoms with Crippen LogP contribution in [0.4, 0.5) is 0 Å². The molecule has 0 aromatic heterocycles. The van der Waals surface area contributed by atoms with Crippen LogP contribution in [0.1, 0.15) is 18.1 Å². The molecule has 7 heteroatoms. The highest BCUT2D eigenvalue weighted by atomic mass is 35.5. The molecule has 2 aromatic rings. The first-order valence-corrected chi connectivity index (χ1v) is 9.61. The second-order valence-corrected chi connectivity index (χ2v) is 8.11. The molecule has 0 spiro atoms. The normalized spacial score (nSPS) is 23.7. The molecule has 1 saturated heterocycles. The van der Waals surface area contributed by atoms with E-state index in [2.05, 4.69) is 0 Å². The van der Waals surface area contributed by atoms with Gasteiger partial charge < -0.3 is 9.47 Å². The average molecular weight is 383 g/mol. The highest BCUT2D eigenvalue weighted by molar-refractivity contribution is 7.86. The Kier molecular flexibility index (Phi) is 5.18. The molecule has 2 atom stereocenters. The van der Waals surface area contributed by atoms with Crippen molar-refractivity contribution < 1.29 is 22.1 Å². The monoisotopic (exact) mass is 382 g/mol. The van der Waals surface area contributed by atoms with E-state index in [4.69, 9.17) is 25.3 Å². The lowest BCUT2D eigenvalue weighted by Gasteiger charge is -2.23. The standard InChI is InChI=1S/C18H19ClO5S/c1-13-3-9-17(10-4-13)25(20,21)23-12-16-11-22-18(2,24-16)14-5-7-15(19)8-6-14/h3-10,16H,11-12H2,1-2H3. The Bertz CT molecular complexity index is 833. The van der Waals surface area contributed by atoms with Crippen molar-refractivity contribution in [1.29, 1.82) is 0 Å². The molecule has 2 aromatic carbocycles. The lowest BCUT2D eigenvalue weighted by molar-refractivity contribution is -0.164. The van der Waals surface area contributed by atoms with Crippen LogP contribution in [0.3, 0.4) is 0 Å². The van der Waals surface area contributed by atoms with Gasteiger partial charge in [-0.2, -0.15) is 8.42 Å². The van der Waals surface area contributed by atoms with Gasteiger partial charge in [0.2, 0.25) is 0 Å². The number of aryl methyl sites for hydroxylation is 1. The van der Waals surface area contributed by atoms with Crippen LogP contribution in [0.2, 0.25) is 5.02 Å². The Labute approximate surface area is 152 Å². The van der Waals surface area contributed by atoms with Crippen LogP contribution >= 0.6 is 11.6 Å². The van der Waals surface area contributed by atoms with Gasteiger partial charge in [0.25, 0.3) is 10.1 Å². The fourth-order valence-corrected chi connectivity index (χ4v) is 3.63. The third-order valence-electron chi connectivity index (χ3n) is 4.02. The predicted octanol–water partition coefficient (Wildman–Crippen LogP) is 3.64. The van der Waals surface area contributed by atoms with Crippen molar-refractivity contribution in [1.82, 2.24) is 0 Å². The zero-order valence-electron chi connectivity index (χ0n) is 13.9. The summed E-state index contributed by atoms with van der Waals surface area (Å²) < 4.78 is 41.2. The summed E-state index contributed by atoms with van der Waals surface area (Å²) in [6.45, 7) is 3.80. The number of rotatable bonds is 5. The first-order chi connectivity index (χ1) is 11.8. The van der Waals surface area contributed by atoms with Crippen LogP contribution in [0.25, 0.3) is 0 Å². The molecule has 1 aliphatic rings. The second-order valence-electron chi connectivity index (χ2n) is 6.06. The lowest BCUT2D eigenvalue weighted by Crippen LogP contribution is -2.26. The van der Waals surface area contributed by atoms with E-state index in [1.54, 1.807) is 31.2 Å². The molecule has 1 fully saturated rings. The molecule has 0 radical (unpaired) electrons. The van der Waals surface area contributed by atoms with E-state index in [0.717, 1.165) is 11.1 Å². The maximum Gasteiger partial charge on any atom is 0.297 e. The van der Waals surface area contributed by atoms with E-state index in [1.165, 1.54) is 12.1 Å². The van der Waals surface area contributed by atoms with Gasteiger partial charge >= 0.3 is 0 Å². The van der Waals surface area contributed by atoms with E-state index >= 15 is 0 Å². The van der Waals surface area contributed by atoms with Gasteiger partial charge in [0.15, 0.2) is 5.79 Å². The van der Waals surface area contributed by atoms with Gasteiger partial charge in [-0.3, -0.25) is 4.18 Å². The minimum atomic E-state index is -3.83. The van der Waals surface area contributed by atoms with Crippen molar-refractivity contribution in [3.63, 3.8) is 0 Å². The van der Waals surface area contributed by atoms with Crippen LogP contribution in [0, 0.1) is 6.92 Å². The number of hydrogen-bond donors (Lipinski definition) is 0. The van der Waals surface area contributed by atoms with Crippen LogP contribution in [-0.2, 0) is 29.6 Å². The van der Waals surface area contributed by atoms with Crippen LogP contribution < -0.4 is 0 Å². The van der Waals surface area contributed by atoms with E-state index in [0.29, 0.717) is 5.02 Å². The van der Waals surface area contributed by atoms with Crippen LogP contribution in [-0.4, -0.2) is 27.7 Å². The van der Waals surface area contributed by atoms with Gasteiger partial charge in [-0.1, -0.05) is 41.4 Å². The number of benzene rings is 2. The highest BCUT2D eigenvalue weighted by Gasteiger charge is 2.39. The Hall–Kier alpha value is -1.44. The molecule has 1 heterocycles. The molecule has 0 bridgehead atoms. The quantitative estimate of drug-likeness (QED) is 0.739. The first kappa shape index (κ1) is 18.4. The molecule has 25 heavy (non-hydrogen) atoms. The second kappa shape index (κ2) is 7.05. The summed E-state index contributed by atoms with van der Waals surface area (Å²) in [5.41, 5.74) is 1.78. The van der Waals surface area contributed by atoms with Crippen molar-refractivity contribution in [2.45, 2.75) is 30.6 Å². The summed E-state index contributed by atoms with van der Waals surface area (Å²) in [7, 11) is -3.83. The average Bonchev–Trinajstić information content (AvgIpc) is 2.97. The molecule has 2 unspecified atom stereocenters. The predicted molar refractivity (Wildman–Crippen MR) is 93.9 cm³/mol. The van der Waals surface area contributed by atoms with E-state index < -0.39 is 22.0 Å².